The summed E-state index contributed by atoms with van der Waals surface area (Å²) in [4.78, 5) is 18.7. The smallest absolute Gasteiger partial charge is 0.263 e. The van der Waals surface area contributed by atoms with E-state index >= 15 is 0 Å². The van der Waals surface area contributed by atoms with E-state index in [4.69, 9.17) is 18.7 Å². The molecular weight excluding hydrogens is 386 g/mol. The molecule has 0 N–H and O–H groups in total. The van der Waals surface area contributed by atoms with Crippen LogP contribution in [0.15, 0.2) is 53.1 Å². The Kier molecular flexibility index (Phi) is 6.90. The van der Waals surface area contributed by atoms with Gasteiger partial charge in [-0.2, -0.15) is 4.98 Å². The van der Waals surface area contributed by atoms with Crippen molar-refractivity contribution < 1.29 is 23.5 Å². The van der Waals surface area contributed by atoms with E-state index < -0.39 is 6.10 Å². The van der Waals surface area contributed by atoms with Crippen molar-refractivity contribution in [3.8, 4) is 28.6 Å². The van der Waals surface area contributed by atoms with E-state index in [1.807, 2.05) is 43.3 Å². The van der Waals surface area contributed by atoms with Crippen molar-refractivity contribution in [2.75, 3.05) is 21.3 Å². The number of likely N-dealkylation sites (N-methyl/N-ethyl adjacent to an activating group) is 1. The van der Waals surface area contributed by atoms with E-state index in [0.29, 0.717) is 29.6 Å². The maximum atomic E-state index is 12.9. The summed E-state index contributed by atoms with van der Waals surface area (Å²) >= 11 is 0. The van der Waals surface area contributed by atoms with Crippen LogP contribution in [0.25, 0.3) is 11.4 Å². The summed E-state index contributed by atoms with van der Waals surface area (Å²) in [6.45, 7) is 2.07. The van der Waals surface area contributed by atoms with Crippen LogP contribution in [0.5, 0.6) is 17.2 Å². The van der Waals surface area contributed by atoms with Gasteiger partial charge < -0.3 is 23.6 Å². The van der Waals surface area contributed by atoms with Crippen LogP contribution in [0.4, 0.5) is 0 Å². The molecular formula is C22H25N3O5. The second kappa shape index (κ2) is 9.78. The lowest BCUT2D eigenvalue weighted by molar-refractivity contribution is -0.138. The topological polar surface area (TPSA) is 86.9 Å². The molecule has 1 heterocycles. The van der Waals surface area contributed by atoms with Crippen LogP contribution in [-0.4, -0.2) is 48.3 Å². The zero-order valence-corrected chi connectivity index (χ0v) is 17.5. The number of benzene rings is 2. The van der Waals surface area contributed by atoms with Crippen LogP contribution in [-0.2, 0) is 11.3 Å². The Balaban J connectivity index is 1.64. The number of aromatic nitrogens is 2. The van der Waals surface area contributed by atoms with Gasteiger partial charge in [-0.25, -0.2) is 0 Å². The molecule has 0 unspecified atom stereocenters. The predicted octanol–water partition coefficient (Wildman–Crippen LogP) is 3.57. The number of hydrogen-bond acceptors (Lipinski definition) is 7. The number of amides is 1. The monoisotopic (exact) mass is 411 g/mol. The summed E-state index contributed by atoms with van der Waals surface area (Å²) in [5, 5.41) is 4.00. The van der Waals surface area contributed by atoms with Crippen LogP contribution in [0.3, 0.4) is 0 Å². The first-order chi connectivity index (χ1) is 14.5. The molecule has 1 amide bonds. The van der Waals surface area contributed by atoms with Crippen molar-refractivity contribution in [2.24, 2.45) is 0 Å². The van der Waals surface area contributed by atoms with Gasteiger partial charge in [0.2, 0.25) is 11.7 Å². The normalized spacial score (nSPS) is 11.6. The minimum absolute atomic E-state index is 0.176. The zero-order valence-electron chi connectivity index (χ0n) is 17.5. The highest BCUT2D eigenvalue weighted by molar-refractivity contribution is 5.81. The number of methoxy groups -OCH3 is 2. The summed E-state index contributed by atoms with van der Waals surface area (Å²) in [5.74, 6) is 2.60. The van der Waals surface area contributed by atoms with Crippen molar-refractivity contribution in [2.45, 2.75) is 26.0 Å². The molecule has 0 aliphatic heterocycles. The second-order valence-corrected chi connectivity index (χ2v) is 6.63. The van der Waals surface area contributed by atoms with E-state index in [1.54, 1.807) is 33.4 Å². The lowest BCUT2D eigenvalue weighted by Gasteiger charge is -2.22. The Hall–Kier alpha value is -3.55. The predicted molar refractivity (Wildman–Crippen MR) is 110 cm³/mol. The molecule has 30 heavy (non-hydrogen) atoms. The van der Waals surface area contributed by atoms with Crippen molar-refractivity contribution in [3.05, 3.63) is 54.4 Å². The van der Waals surface area contributed by atoms with Gasteiger partial charge in [0.15, 0.2) is 6.10 Å². The lowest BCUT2D eigenvalue weighted by Crippen LogP contribution is -2.39. The van der Waals surface area contributed by atoms with E-state index in [-0.39, 0.29) is 12.5 Å². The maximum Gasteiger partial charge on any atom is 0.263 e. The summed E-state index contributed by atoms with van der Waals surface area (Å²) in [5.41, 5.74) is 0.799. The maximum absolute atomic E-state index is 12.9. The number of rotatable bonds is 9. The molecule has 3 rings (SSSR count). The third-order valence-electron chi connectivity index (χ3n) is 4.53. The molecule has 0 spiro atoms. The van der Waals surface area contributed by atoms with Gasteiger partial charge >= 0.3 is 0 Å². The molecule has 0 fully saturated rings. The van der Waals surface area contributed by atoms with Crippen LogP contribution in [0.1, 0.15) is 19.2 Å². The molecule has 2 aromatic carbocycles. The van der Waals surface area contributed by atoms with Gasteiger partial charge in [0.1, 0.15) is 17.2 Å². The third-order valence-corrected chi connectivity index (χ3v) is 4.53. The van der Waals surface area contributed by atoms with Gasteiger partial charge in [0.25, 0.3) is 5.91 Å². The van der Waals surface area contributed by atoms with Crippen LogP contribution < -0.4 is 14.2 Å². The molecule has 0 aliphatic carbocycles. The molecule has 0 aliphatic rings. The Labute approximate surface area is 175 Å². The molecule has 0 saturated heterocycles. The van der Waals surface area contributed by atoms with E-state index in [1.165, 1.54) is 4.90 Å². The third kappa shape index (κ3) is 5.08. The summed E-state index contributed by atoms with van der Waals surface area (Å²) in [7, 11) is 4.87. The molecule has 1 aromatic heterocycles. The van der Waals surface area contributed by atoms with Crippen LogP contribution >= 0.6 is 0 Å². The standard InChI is InChI=1S/C22H25N3O5/c1-5-19(29-18-8-6-7-17(13-18)28-4)22(26)25(2)14-20-23-21(24-30-20)15-9-11-16(27-3)12-10-15/h6-13,19H,5,14H2,1-4H3/t19-/m1/s1. The summed E-state index contributed by atoms with van der Waals surface area (Å²) < 4.78 is 21.5. The Morgan fingerprint density at radius 1 is 1.07 bits per heavy atom. The molecule has 0 saturated carbocycles. The zero-order chi connectivity index (χ0) is 21.5. The first kappa shape index (κ1) is 21.2. The highest BCUT2D eigenvalue weighted by Crippen LogP contribution is 2.22. The average Bonchev–Trinajstić information content (AvgIpc) is 3.25. The fraction of sp³-hybridized carbons (Fsp3) is 0.318. The molecule has 8 nitrogen and oxygen atoms in total. The highest BCUT2D eigenvalue weighted by atomic mass is 16.5. The van der Waals surface area contributed by atoms with Gasteiger partial charge in [0, 0.05) is 18.7 Å². The number of carbonyl (C=O) groups excluding carboxylic acids is 1. The minimum atomic E-state index is -0.633. The quantitative estimate of drug-likeness (QED) is 0.532. The first-order valence-electron chi connectivity index (χ1n) is 9.56. The van der Waals surface area contributed by atoms with Gasteiger partial charge in [0.05, 0.1) is 20.8 Å². The van der Waals surface area contributed by atoms with Crippen molar-refractivity contribution in [3.63, 3.8) is 0 Å². The first-order valence-corrected chi connectivity index (χ1v) is 9.56. The fourth-order valence-corrected chi connectivity index (χ4v) is 2.85. The number of hydrogen-bond donors (Lipinski definition) is 0. The van der Waals surface area contributed by atoms with Crippen molar-refractivity contribution in [1.82, 2.24) is 15.0 Å². The van der Waals surface area contributed by atoms with Crippen molar-refractivity contribution >= 4 is 5.91 Å². The van der Waals surface area contributed by atoms with E-state index in [9.17, 15) is 4.79 Å². The molecule has 8 heteroatoms. The van der Waals surface area contributed by atoms with E-state index in [0.717, 1.165) is 11.3 Å². The number of nitrogens with zero attached hydrogens (tertiary/aromatic N) is 3. The molecule has 3 aromatic rings. The molecule has 0 bridgehead atoms. The Morgan fingerprint density at radius 2 is 1.77 bits per heavy atom. The molecule has 158 valence electrons. The Morgan fingerprint density at radius 3 is 2.43 bits per heavy atom. The van der Waals surface area contributed by atoms with Crippen molar-refractivity contribution in [1.29, 1.82) is 0 Å². The van der Waals surface area contributed by atoms with Gasteiger partial charge in [-0.15, -0.1) is 0 Å². The molecule has 0 radical (unpaired) electrons. The van der Waals surface area contributed by atoms with Crippen LogP contribution in [0, 0.1) is 0 Å². The lowest BCUT2D eigenvalue weighted by atomic mass is 10.2. The van der Waals surface area contributed by atoms with Gasteiger partial charge in [-0.1, -0.05) is 18.1 Å². The molecule has 1 atom stereocenters. The Bertz CT molecular complexity index is 971. The fourth-order valence-electron chi connectivity index (χ4n) is 2.85. The largest absolute Gasteiger partial charge is 0.497 e. The highest BCUT2D eigenvalue weighted by Gasteiger charge is 2.24. The van der Waals surface area contributed by atoms with Crippen LogP contribution in [0.2, 0.25) is 0 Å². The summed E-state index contributed by atoms with van der Waals surface area (Å²) in [6, 6.07) is 14.5. The number of ether oxygens (including phenoxy) is 3. The average molecular weight is 411 g/mol. The second-order valence-electron chi connectivity index (χ2n) is 6.63. The number of carbonyl (C=O) groups is 1. The summed E-state index contributed by atoms with van der Waals surface area (Å²) in [6.07, 6.45) is -0.118. The van der Waals surface area contributed by atoms with Gasteiger partial charge in [-0.05, 0) is 42.8 Å². The van der Waals surface area contributed by atoms with Gasteiger partial charge in [-0.3, -0.25) is 4.79 Å². The van der Waals surface area contributed by atoms with E-state index in [2.05, 4.69) is 10.1 Å². The SMILES string of the molecule is CC[C@@H](Oc1cccc(OC)c1)C(=O)N(C)Cc1nc(-c2ccc(OC)cc2)no1. The minimum Gasteiger partial charge on any atom is -0.497 e.